The molecular formula is C22H24ClN3O4S. The first kappa shape index (κ1) is 21.8. The highest BCUT2D eigenvalue weighted by Gasteiger charge is 2.33. The van der Waals surface area contributed by atoms with Gasteiger partial charge in [-0.1, -0.05) is 29.3 Å². The van der Waals surface area contributed by atoms with E-state index in [0.29, 0.717) is 37.1 Å². The van der Waals surface area contributed by atoms with Crippen LogP contribution in [0, 0.1) is 6.92 Å². The van der Waals surface area contributed by atoms with Gasteiger partial charge in [0.05, 0.1) is 22.4 Å². The number of aromatic nitrogens is 2. The lowest BCUT2D eigenvalue weighted by molar-refractivity contribution is 0.286. The Labute approximate surface area is 187 Å². The largest absolute Gasteiger partial charge is 0.492 e. The lowest BCUT2D eigenvalue weighted by Gasteiger charge is -2.30. The summed E-state index contributed by atoms with van der Waals surface area (Å²) in [6.07, 6.45) is 1.49. The first-order valence-corrected chi connectivity index (χ1v) is 12.0. The molecule has 2 heterocycles. The van der Waals surface area contributed by atoms with Crippen LogP contribution in [-0.4, -0.2) is 42.6 Å². The van der Waals surface area contributed by atoms with Gasteiger partial charge in [0.2, 0.25) is 21.8 Å². The number of rotatable bonds is 6. The van der Waals surface area contributed by atoms with Gasteiger partial charge in [-0.3, -0.25) is 0 Å². The van der Waals surface area contributed by atoms with Crippen LogP contribution in [0.3, 0.4) is 0 Å². The average molecular weight is 462 g/mol. The second-order valence-corrected chi connectivity index (χ2v) is 9.88. The van der Waals surface area contributed by atoms with Gasteiger partial charge < -0.3 is 9.15 Å². The maximum Gasteiger partial charge on any atom is 0.247 e. The first-order chi connectivity index (χ1) is 14.9. The van der Waals surface area contributed by atoms with E-state index in [9.17, 15) is 8.42 Å². The highest BCUT2D eigenvalue weighted by molar-refractivity contribution is 7.89. The lowest BCUT2D eigenvalue weighted by Crippen LogP contribution is -2.39. The minimum atomic E-state index is -3.70. The van der Waals surface area contributed by atoms with Gasteiger partial charge in [0, 0.05) is 18.7 Å². The predicted octanol–water partition coefficient (Wildman–Crippen LogP) is 4.67. The molecule has 1 aliphatic rings. The third-order valence-electron chi connectivity index (χ3n) is 5.31. The van der Waals surface area contributed by atoms with E-state index in [2.05, 4.69) is 10.2 Å². The minimum absolute atomic E-state index is 0.146. The van der Waals surface area contributed by atoms with Crippen molar-refractivity contribution in [2.75, 3.05) is 19.7 Å². The van der Waals surface area contributed by atoms with E-state index in [4.69, 9.17) is 20.8 Å². The molecule has 9 heteroatoms. The quantitative estimate of drug-likeness (QED) is 0.530. The van der Waals surface area contributed by atoms with Crippen molar-refractivity contribution in [2.45, 2.75) is 37.5 Å². The van der Waals surface area contributed by atoms with Gasteiger partial charge in [0.15, 0.2) is 0 Å². The van der Waals surface area contributed by atoms with Crippen molar-refractivity contribution in [3.05, 3.63) is 58.9 Å². The number of nitrogens with zero attached hydrogens (tertiary/aromatic N) is 3. The summed E-state index contributed by atoms with van der Waals surface area (Å²) in [4.78, 5) is 0.146. The van der Waals surface area contributed by atoms with Crippen LogP contribution in [-0.2, 0) is 10.0 Å². The Kier molecular flexibility index (Phi) is 6.31. The number of aryl methyl sites for hydroxylation is 1. The zero-order valence-electron chi connectivity index (χ0n) is 17.4. The fourth-order valence-electron chi connectivity index (χ4n) is 3.64. The molecule has 1 aliphatic heterocycles. The topological polar surface area (TPSA) is 85.5 Å². The smallest absolute Gasteiger partial charge is 0.247 e. The van der Waals surface area contributed by atoms with Crippen LogP contribution < -0.4 is 4.74 Å². The molecule has 31 heavy (non-hydrogen) atoms. The molecule has 1 unspecified atom stereocenters. The van der Waals surface area contributed by atoms with E-state index in [-0.39, 0.29) is 22.4 Å². The van der Waals surface area contributed by atoms with Gasteiger partial charge in [-0.25, -0.2) is 8.42 Å². The number of benzene rings is 2. The summed E-state index contributed by atoms with van der Waals surface area (Å²) < 4.78 is 39.2. The number of ether oxygens (including phenoxy) is 1. The highest BCUT2D eigenvalue weighted by atomic mass is 35.5. The molecule has 3 aromatic rings. The first-order valence-electron chi connectivity index (χ1n) is 10.2. The zero-order valence-corrected chi connectivity index (χ0v) is 19.0. The van der Waals surface area contributed by atoms with E-state index in [1.165, 1.54) is 16.4 Å². The van der Waals surface area contributed by atoms with E-state index in [1.807, 2.05) is 38.1 Å². The summed E-state index contributed by atoms with van der Waals surface area (Å²) in [7, 11) is -3.70. The number of sulfonamides is 1. The molecule has 164 valence electrons. The average Bonchev–Trinajstić information content (AvgIpc) is 3.26. The molecule has 1 aromatic heterocycles. The number of halogens is 1. The molecule has 0 saturated carbocycles. The number of piperidine rings is 1. The van der Waals surface area contributed by atoms with E-state index < -0.39 is 10.0 Å². The van der Waals surface area contributed by atoms with Crippen LogP contribution in [0.1, 0.15) is 37.1 Å². The van der Waals surface area contributed by atoms with Crippen molar-refractivity contribution in [3.8, 4) is 17.2 Å². The van der Waals surface area contributed by atoms with Gasteiger partial charge in [0.1, 0.15) is 5.75 Å². The van der Waals surface area contributed by atoms with Crippen molar-refractivity contribution in [1.29, 1.82) is 0 Å². The van der Waals surface area contributed by atoms with Crippen LogP contribution in [0.2, 0.25) is 5.02 Å². The van der Waals surface area contributed by atoms with Crippen LogP contribution >= 0.6 is 11.6 Å². The van der Waals surface area contributed by atoms with E-state index in [0.717, 1.165) is 17.5 Å². The molecule has 1 fully saturated rings. The van der Waals surface area contributed by atoms with E-state index >= 15 is 0 Å². The summed E-state index contributed by atoms with van der Waals surface area (Å²) >= 11 is 6.21. The zero-order chi connectivity index (χ0) is 22.0. The molecule has 4 rings (SSSR count). The van der Waals surface area contributed by atoms with Gasteiger partial charge in [-0.05, 0) is 57.0 Å². The summed E-state index contributed by atoms with van der Waals surface area (Å²) in [5.41, 5.74) is 1.99. The maximum absolute atomic E-state index is 13.2. The Morgan fingerprint density at radius 1 is 1.19 bits per heavy atom. The third-order valence-corrected chi connectivity index (χ3v) is 7.47. The maximum atomic E-state index is 13.2. The highest BCUT2D eigenvalue weighted by Crippen LogP contribution is 2.33. The third kappa shape index (κ3) is 4.61. The Morgan fingerprint density at radius 3 is 2.68 bits per heavy atom. The Hall–Kier alpha value is -2.42. The molecule has 0 radical (unpaired) electrons. The van der Waals surface area contributed by atoms with Crippen molar-refractivity contribution in [1.82, 2.24) is 14.5 Å². The van der Waals surface area contributed by atoms with Crippen LogP contribution in [0.4, 0.5) is 0 Å². The van der Waals surface area contributed by atoms with Gasteiger partial charge in [-0.2, -0.15) is 4.31 Å². The van der Waals surface area contributed by atoms with Gasteiger partial charge in [0.25, 0.3) is 0 Å². The van der Waals surface area contributed by atoms with Gasteiger partial charge in [-0.15, -0.1) is 10.2 Å². The molecule has 0 aliphatic carbocycles. The summed E-state index contributed by atoms with van der Waals surface area (Å²) in [6.45, 7) is 5.02. The summed E-state index contributed by atoms with van der Waals surface area (Å²) in [5.74, 6) is 1.20. The molecule has 1 atom stereocenters. The Morgan fingerprint density at radius 2 is 1.97 bits per heavy atom. The van der Waals surface area contributed by atoms with Crippen molar-refractivity contribution in [2.24, 2.45) is 0 Å². The standard InChI is InChI=1S/C22H24ClN3O4S/c1-3-29-20-11-10-18(13-19(20)23)31(27,28)26-12-4-5-17(14-26)22-25-24-21(30-22)16-8-6-15(2)7-9-16/h6-11,13,17H,3-5,12,14H2,1-2H3. The fraction of sp³-hybridized carbons (Fsp3) is 0.364. The summed E-state index contributed by atoms with van der Waals surface area (Å²) in [5, 5.41) is 8.63. The molecule has 0 bridgehead atoms. The number of hydrogen-bond acceptors (Lipinski definition) is 6. The molecular weight excluding hydrogens is 438 g/mol. The second-order valence-electron chi connectivity index (χ2n) is 7.54. The minimum Gasteiger partial charge on any atom is -0.492 e. The fourth-order valence-corrected chi connectivity index (χ4v) is 5.49. The van der Waals surface area contributed by atoms with Gasteiger partial charge >= 0.3 is 0 Å². The molecule has 0 N–H and O–H groups in total. The summed E-state index contributed by atoms with van der Waals surface area (Å²) in [6, 6.07) is 12.4. The van der Waals surface area contributed by atoms with E-state index in [1.54, 1.807) is 6.07 Å². The molecule has 7 nitrogen and oxygen atoms in total. The van der Waals surface area contributed by atoms with Crippen LogP contribution in [0.25, 0.3) is 11.5 Å². The van der Waals surface area contributed by atoms with Crippen molar-refractivity contribution >= 4 is 21.6 Å². The van der Waals surface area contributed by atoms with Crippen molar-refractivity contribution < 1.29 is 17.6 Å². The second kappa shape index (κ2) is 8.98. The monoisotopic (exact) mass is 461 g/mol. The lowest BCUT2D eigenvalue weighted by atomic mass is 10.00. The SMILES string of the molecule is CCOc1ccc(S(=O)(=O)N2CCCC(c3nnc(-c4ccc(C)cc4)o3)C2)cc1Cl. The molecule has 0 spiro atoms. The normalized spacial score (nSPS) is 17.6. The van der Waals surface area contributed by atoms with Crippen LogP contribution in [0.5, 0.6) is 5.75 Å². The Bertz CT molecular complexity index is 1160. The molecule has 0 amide bonds. The molecule has 2 aromatic carbocycles. The predicted molar refractivity (Wildman–Crippen MR) is 118 cm³/mol. The van der Waals surface area contributed by atoms with Crippen molar-refractivity contribution in [3.63, 3.8) is 0 Å². The molecule has 1 saturated heterocycles. The number of hydrogen-bond donors (Lipinski definition) is 0. The van der Waals surface area contributed by atoms with Crippen LogP contribution in [0.15, 0.2) is 51.8 Å². The Balaban J connectivity index is 1.53.